The molecular formula is C26H31ClN6O2. The van der Waals surface area contributed by atoms with Crippen molar-refractivity contribution in [2.45, 2.75) is 32.7 Å². The standard InChI is InChI=1S/C26H31ClN6O2/c1-6-10-18-11-8-9-12-21(18)33-24-19(15-20(27)25(28-24)30(4)5)23(29-26(33)35)32-14-13-31(16-17(32)3)22(34)7-2/h7-9,11-12,15,17H,2,6,10,13-14,16H2,1,3-5H3/t17-/m0/s1. The summed E-state index contributed by atoms with van der Waals surface area (Å²) >= 11 is 6.65. The smallest absolute Gasteiger partial charge is 0.355 e. The number of aryl methyl sites for hydroxylation is 1. The first kappa shape index (κ1) is 24.7. The van der Waals surface area contributed by atoms with Crippen LogP contribution in [0.25, 0.3) is 16.7 Å². The molecule has 1 saturated heterocycles. The molecule has 1 aromatic carbocycles. The molecular weight excluding hydrogens is 464 g/mol. The maximum Gasteiger partial charge on any atom is 0.355 e. The fourth-order valence-electron chi connectivity index (χ4n) is 4.66. The zero-order valence-corrected chi connectivity index (χ0v) is 21.4. The number of halogens is 1. The molecule has 2 aromatic heterocycles. The molecule has 1 aliphatic heterocycles. The Hall–Kier alpha value is -3.39. The number of anilines is 2. The Balaban J connectivity index is 1.95. The average molecular weight is 495 g/mol. The maximum absolute atomic E-state index is 13.6. The fourth-order valence-corrected chi connectivity index (χ4v) is 4.98. The van der Waals surface area contributed by atoms with Gasteiger partial charge in [0.15, 0.2) is 5.65 Å². The number of benzene rings is 1. The van der Waals surface area contributed by atoms with Crippen LogP contribution in [0, 0.1) is 0 Å². The van der Waals surface area contributed by atoms with Crippen molar-refractivity contribution >= 4 is 40.2 Å². The van der Waals surface area contributed by atoms with Crippen LogP contribution in [0.15, 0.2) is 47.8 Å². The van der Waals surface area contributed by atoms with Crippen LogP contribution in [0.1, 0.15) is 25.8 Å². The number of aromatic nitrogens is 3. The van der Waals surface area contributed by atoms with Gasteiger partial charge >= 0.3 is 5.69 Å². The second kappa shape index (κ2) is 10.1. The quantitative estimate of drug-likeness (QED) is 0.487. The van der Waals surface area contributed by atoms with Gasteiger partial charge in [0.2, 0.25) is 5.91 Å². The molecule has 0 bridgehead atoms. The van der Waals surface area contributed by atoms with Crippen LogP contribution in [0.2, 0.25) is 5.02 Å². The molecule has 0 radical (unpaired) electrons. The lowest BCUT2D eigenvalue weighted by Gasteiger charge is -2.40. The molecule has 0 N–H and O–H groups in total. The summed E-state index contributed by atoms with van der Waals surface area (Å²) in [5.41, 5.74) is 1.94. The van der Waals surface area contributed by atoms with Crippen LogP contribution >= 0.6 is 11.6 Å². The van der Waals surface area contributed by atoms with Crippen molar-refractivity contribution in [3.8, 4) is 5.69 Å². The van der Waals surface area contributed by atoms with E-state index in [-0.39, 0.29) is 11.9 Å². The van der Waals surface area contributed by atoms with E-state index >= 15 is 0 Å². The summed E-state index contributed by atoms with van der Waals surface area (Å²) in [6, 6.07) is 9.64. The second-order valence-electron chi connectivity index (χ2n) is 9.02. The van der Waals surface area contributed by atoms with Crippen LogP contribution in [0.5, 0.6) is 0 Å². The van der Waals surface area contributed by atoms with E-state index < -0.39 is 5.69 Å². The lowest BCUT2D eigenvalue weighted by molar-refractivity contribution is -0.126. The molecule has 0 aliphatic carbocycles. The third kappa shape index (κ3) is 4.62. The largest absolute Gasteiger partial charge is 0.361 e. The number of hydrogen-bond donors (Lipinski definition) is 0. The molecule has 184 valence electrons. The topological polar surface area (TPSA) is 74.6 Å². The Morgan fingerprint density at radius 3 is 2.66 bits per heavy atom. The lowest BCUT2D eigenvalue weighted by Crippen LogP contribution is -2.54. The third-order valence-electron chi connectivity index (χ3n) is 6.34. The number of para-hydroxylation sites is 1. The van der Waals surface area contributed by atoms with Gasteiger partial charge in [-0.15, -0.1) is 0 Å². The number of fused-ring (bicyclic) bond motifs is 1. The Labute approximate surface area is 210 Å². The highest BCUT2D eigenvalue weighted by molar-refractivity contribution is 6.33. The molecule has 35 heavy (non-hydrogen) atoms. The summed E-state index contributed by atoms with van der Waals surface area (Å²) in [7, 11) is 3.74. The summed E-state index contributed by atoms with van der Waals surface area (Å²) in [5.74, 6) is 1.01. The zero-order valence-electron chi connectivity index (χ0n) is 20.7. The van der Waals surface area contributed by atoms with E-state index in [4.69, 9.17) is 16.6 Å². The van der Waals surface area contributed by atoms with Crippen LogP contribution in [0.4, 0.5) is 11.6 Å². The van der Waals surface area contributed by atoms with Gasteiger partial charge in [0.25, 0.3) is 0 Å². The molecule has 4 rings (SSSR count). The van der Waals surface area contributed by atoms with Crippen LogP contribution < -0.4 is 15.5 Å². The van der Waals surface area contributed by atoms with Crippen molar-refractivity contribution in [2.24, 2.45) is 0 Å². The Bertz CT molecular complexity index is 1340. The molecule has 8 nitrogen and oxygen atoms in total. The number of carbonyl (C=O) groups excluding carboxylic acids is 1. The molecule has 1 atom stereocenters. The summed E-state index contributed by atoms with van der Waals surface area (Å²) in [6.45, 7) is 9.27. The number of carbonyl (C=O) groups is 1. The summed E-state index contributed by atoms with van der Waals surface area (Å²) in [6.07, 6.45) is 3.11. The minimum Gasteiger partial charge on any atom is -0.361 e. The zero-order chi connectivity index (χ0) is 25.3. The molecule has 1 fully saturated rings. The highest BCUT2D eigenvalue weighted by Crippen LogP contribution is 2.33. The number of nitrogens with zero attached hydrogens (tertiary/aromatic N) is 6. The first-order valence-electron chi connectivity index (χ1n) is 11.8. The van der Waals surface area contributed by atoms with E-state index in [1.807, 2.05) is 56.3 Å². The summed E-state index contributed by atoms with van der Waals surface area (Å²) in [4.78, 5) is 40.8. The van der Waals surface area contributed by atoms with Crippen molar-refractivity contribution < 1.29 is 4.79 Å². The van der Waals surface area contributed by atoms with Gasteiger partial charge in [-0.3, -0.25) is 4.79 Å². The number of pyridine rings is 1. The van der Waals surface area contributed by atoms with Crippen molar-refractivity contribution in [1.82, 2.24) is 19.4 Å². The maximum atomic E-state index is 13.6. The van der Waals surface area contributed by atoms with Gasteiger partial charge in [-0.1, -0.05) is 49.7 Å². The number of rotatable bonds is 6. The summed E-state index contributed by atoms with van der Waals surface area (Å²) < 4.78 is 1.59. The first-order valence-corrected chi connectivity index (χ1v) is 12.2. The summed E-state index contributed by atoms with van der Waals surface area (Å²) in [5, 5.41) is 1.17. The monoisotopic (exact) mass is 494 g/mol. The minimum absolute atomic E-state index is 0.0571. The molecule has 3 heterocycles. The molecule has 3 aromatic rings. The fraction of sp³-hybridized carbons (Fsp3) is 0.385. The van der Waals surface area contributed by atoms with E-state index in [1.165, 1.54) is 6.08 Å². The van der Waals surface area contributed by atoms with Crippen molar-refractivity contribution in [2.75, 3.05) is 43.5 Å². The molecule has 1 amide bonds. The van der Waals surface area contributed by atoms with Crippen LogP contribution in [0.3, 0.4) is 0 Å². The second-order valence-corrected chi connectivity index (χ2v) is 9.43. The molecule has 0 unspecified atom stereocenters. The molecule has 1 aliphatic rings. The minimum atomic E-state index is -0.396. The predicted molar refractivity (Wildman–Crippen MR) is 142 cm³/mol. The highest BCUT2D eigenvalue weighted by Gasteiger charge is 2.29. The average Bonchev–Trinajstić information content (AvgIpc) is 2.83. The molecule has 0 saturated carbocycles. The van der Waals surface area contributed by atoms with Gasteiger partial charge in [0.1, 0.15) is 11.6 Å². The van der Waals surface area contributed by atoms with Gasteiger partial charge in [0, 0.05) is 39.8 Å². The van der Waals surface area contributed by atoms with E-state index in [9.17, 15) is 9.59 Å². The van der Waals surface area contributed by atoms with Crippen LogP contribution in [-0.2, 0) is 11.2 Å². The lowest BCUT2D eigenvalue weighted by atomic mass is 10.1. The van der Waals surface area contributed by atoms with Gasteiger partial charge in [-0.2, -0.15) is 4.98 Å². The van der Waals surface area contributed by atoms with E-state index in [0.29, 0.717) is 47.3 Å². The number of hydrogen-bond acceptors (Lipinski definition) is 6. The van der Waals surface area contributed by atoms with Crippen molar-refractivity contribution in [3.05, 3.63) is 64.1 Å². The van der Waals surface area contributed by atoms with Gasteiger partial charge in [-0.25, -0.2) is 14.3 Å². The van der Waals surface area contributed by atoms with Crippen molar-refractivity contribution in [3.63, 3.8) is 0 Å². The van der Waals surface area contributed by atoms with E-state index in [1.54, 1.807) is 9.47 Å². The Morgan fingerprint density at radius 2 is 2.00 bits per heavy atom. The van der Waals surface area contributed by atoms with Crippen LogP contribution in [-0.4, -0.2) is 65.1 Å². The van der Waals surface area contributed by atoms with Gasteiger partial charge < -0.3 is 14.7 Å². The molecule has 9 heteroatoms. The molecule has 0 spiro atoms. The normalized spacial score (nSPS) is 16.0. The number of piperazine rings is 1. The Kier molecular flexibility index (Phi) is 7.12. The van der Waals surface area contributed by atoms with E-state index in [0.717, 1.165) is 24.1 Å². The number of amides is 1. The van der Waals surface area contributed by atoms with Gasteiger partial charge in [0.05, 0.1) is 16.1 Å². The highest BCUT2D eigenvalue weighted by atomic mass is 35.5. The first-order chi connectivity index (χ1) is 16.8. The SMILES string of the molecule is C=CC(=O)N1CCN(c2nc(=O)n(-c3ccccc3CCC)c3nc(N(C)C)c(Cl)cc23)[C@@H](C)C1. The van der Waals surface area contributed by atoms with Crippen molar-refractivity contribution in [1.29, 1.82) is 0 Å². The Morgan fingerprint density at radius 1 is 1.26 bits per heavy atom. The predicted octanol–water partition coefficient (Wildman–Crippen LogP) is 3.68. The van der Waals surface area contributed by atoms with Gasteiger partial charge in [-0.05, 0) is 37.1 Å². The van der Waals surface area contributed by atoms with E-state index in [2.05, 4.69) is 23.4 Å². The third-order valence-corrected chi connectivity index (χ3v) is 6.62.